The summed E-state index contributed by atoms with van der Waals surface area (Å²) in [6.07, 6.45) is 7.02. The van der Waals surface area contributed by atoms with Gasteiger partial charge in [-0.05, 0) is 37.9 Å². The number of rotatable bonds is 3. The SMILES string of the molecule is O=CN1CCN(c2nc(N3CCCCC3)nc3c2SCCC3)CC1. The molecule has 0 saturated carbocycles. The number of amides is 1. The van der Waals surface area contributed by atoms with Gasteiger partial charge < -0.3 is 14.7 Å². The molecule has 7 heteroatoms. The lowest BCUT2D eigenvalue weighted by molar-refractivity contribution is -0.118. The first kappa shape index (κ1) is 16.0. The van der Waals surface area contributed by atoms with E-state index in [1.807, 2.05) is 16.7 Å². The molecule has 1 amide bonds. The number of fused-ring (bicyclic) bond motifs is 1. The Hall–Kier alpha value is -1.50. The molecule has 0 radical (unpaired) electrons. The molecule has 130 valence electrons. The summed E-state index contributed by atoms with van der Waals surface area (Å²) in [5.41, 5.74) is 1.23. The molecule has 2 fully saturated rings. The second-order valence-electron chi connectivity index (χ2n) is 6.75. The van der Waals surface area contributed by atoms with Gasteiger partial charge in [0.1, 0.15) is 5.82 Å². The Morgan fingerprint density at radius 2 is 1.67 bits per heavy atom. The summed E-state index contributed by atoms with van der Waals surface area (Å²) >= 11 is 1.90. The minimum Gasteiger partial charge on any atom is -0.352 e. The molecule has 1 aromatic heterocycles. The average Bonchev–Trinajstić information content (AvgIpc) is 2.68. The van der Waals surface area contributed by atoms with E-state index in [-0.39, 0.29) is 0 Å². The van der Waals surface area contributed by atoms with Crippen molar-refractivity contribution in [2.45, 2.75) is 37.0 Å². The molecule has 0 unspecified atom stereocenters. The van der Waals surface area contributed by atoms with Gasteiger partial charge in [0.2, 0.25) is 12.4 Å². The Labute approximate surface area is 147 Å². The number of piperazine rings is 1. The predicted molar refractivity (Wildman–Crippen MR) is 97.0 cm³/mol. The summed E-state index contributed by atoms with van der Waals surface area (Å²) in [5.74, 6) is 3.18. The van der Waals surface area contributed by atoms with Crippen LogP contribution in [0.15, 0.2) is 4.90 Å². The maximum absolute atomic E-state index is 11.0. The fraction of sp³-hybridized carbons (Fsp3) is 0.706. The fourth-order valence-corrected chi connectivity index (χ4v) is 4.80. The van der Waals surface area contributed by atoms with E-state index in [2.05, 4.69) is 9.80 Å². The third-order valence-electron chi connectivity index (χ3n) is 5.11. The number of aromatic nitrogens is 2. The zero-order chi connectivity index (χ0) is 16.4. The molecule has 3 aliphatic heterocycles. The molecule has 0 N–H and O–H groups in total. The van der Waals surface area contributed by atoms with Crippen LogP contribution >= 0.6 is 11.8 Å². The minimum absolute atomic E-state index is 0.784. The van der Waals surface area contributed by atoms with Gasteiger partial charge in [0.05, 0.1) is 10.6 Å². The van der Waals surface area contributed by atoms with Gasteiger partial charge in [0.15, 0.2) is 0 Å². The van der Waals surface area contributed by atoms with Crippen LogP contribution in [0.5, 0.6) is 0 Å². The second kappa shape index (κ2) is 7.17. The molecular weight excluding hydrogens is 322 g/mol. The average molecular weight is 347 g/mol. The van der Waals surface area contributed by atoms with Crippen LogP contribution in [0, 0.1) is 0 Å². The Kier molecular flexibility index (Phi) is 4.78. The molecule has 0 bridgehead atoms. The zero-order valence-corrected chi connectivity index (χ0v) is 14.9. The van der Waals surface area contributed by atoms with Crippen molar-refractivity contribution in [3.05, 3.63) is 5.69 Å². The monoisotopic (exact) mass is 347 g/mol. The third-order valence-corrected chi connectivity index (χ3v) is 6.31. The maximum Gasteiger partial charge on any atom is 0.227 e. The number of carbonyl (C=O) groups excluding carboxylic acids is 1. The molecule has 4 rings (SSSR count). The molecule has 3 aliphatic rings. The van der Waals surface area contributed by atoms with E-state index in [1.54, 1.807) is 0 Å². The maximum atomic E-state index is 11.0. The van der Waals surface area contributed by atoms with Crippen LogP contribution in [0.2, 0.25) is 0 Å². The van der Waals surface area contributed by atoms with Gasteiger partial charge in [0.25, 0.3) is 0 Å². The van der Waals surface area contributed by atoms with Gasteiger partial charge in [-0.15, -0.1) is 11.8 Å². The Morgan fingerprint density at radius 3 is 2.42 bits per heavy atom. The predicted octanol–water partition coefficient (Wildman–Crippen LogP) is 1.78. The van der Waals surface area contributed by atoms with Crippen LogP contribution < -0.4 is 9.80 Å². The molecule has 4 heterocycles. The number of hydrogen-bond donors (Lipinski definition) is 0. The van der Waals surface area contributed by atoms with E-state index < -0.39 is 0 Å². The lowest BCUT2D eigenvalue weighted by atomic mass is 10.1. The van der Waals surface area contributed by atoms with Gasteiger partial charge in [0, 0.05) is 39.3 Å². The van der Waals surface area contributed by atoms with E-state index in [1.165, 1.54) is 36.3 Å². The van der Waals surface area contributed by atoms with Crippen LogP contribution in [0.4, 0.5) is 11.8 Å². The van der Waals surface area contributed by atoms with E-state index in [4.69, 9.17) is 9.97 Å². The Bertz CT molecular complexity index is 597. The molecule has 1 aromatic rings. The highest BCUT2D eigenvalue weighted by molar-refractivity contribution is 7.99. The van der Waals surface area contributed by atoms with Crippen molar-refractivity contribution in [1.29, 1.82) is 0 Å². The second-order valence-corrected chi connectivity index (χ2v) is 7.86. The topological polar surface area (TPSA) is 52.6 Å². The van der Waals surface area contributed by atoms with E-state index in [0.29, 0.717) is 0 Å². The van der Waals surface area contributed by atoms with Gasteiger partial charge in [-0.1, -0.05) is 0 Å². The Balaban J connectivity index is 1.64. The van der Waals surface area contributed by atoms with E-state index >= 15 is 0 Å². The van der Waals surface area contributed by atoms with E-state index in [9.17, 15) is 4.79 Å². The van der Waals surface area contributed by atoms with Gasteiger partial charge >= 0.3 is 0 Å². The minimum atomic E-state index is 0.784. The van der Waals surface area contributed by atoms with Crippen molar-refractivity contribution < 1.29 is 4.79 Å². The molecular formula is C17H25N5OS. The summed E-state index contributed by atoms with van der Waals surface area (Å²) in [6.45, 7) is 5.44. The normalized spacial score (nSPS) is 21.6. The van der Waals surface area contributed by atoms with Crippen molar-refractivity contribution in [1.82, 2.24) is 14.9 Å². The number of hydrogen-bond acceptors (Lipinski definition) is 6. The fourth-order valence-electron chi connectivity index (χ4n) is 3.69. The highest BCUT2D eigenvalue weighted by atomic mass is 32.2. The molecule has 24 heavy (non-hydrogen) atoms. The molecule has 6 nitrogen and oxygen atoms in total. The van der Waals surface area contributed by atoms with Crippen LogP contribution in [0.3, 0.4) is 0 Å². The number of thioether (sulfide) groups is 1. The highest BCUT2D eigenvalue weighted by Gasteiger charge is 2.26. The third kappa shape index (κ3) is 3.18. The summed E-state index contributed by atoms with van der Waals surface area (Å²) in [7, 11) is 0. The Morgan fingerprint density at radius 1 is 0.875 bits per heavy atom. The molecule has 0 atom stereocenters. The summed E-state index contributed by atoms with van der Waals surface area (Å²) in [5, 5.41) is 0. The first-order chi connectivity index (χ1) is 11.8. The van der Waals surface area contributed by atoms with Crippen LogP contribution in [-0.2, 0) is 11.2 Å². The number of aryl methyl sites for hydroxylation is 1. The molecule has 2 saturated heterocycles. The molecule has 0 aromatic carbocycles. The summed E-state index contributed by atoms with van der Waals surface area (Å²) in [4.78, 5) is 28.7. The van der Waals surface area contributed by atoms with Crippen LogP contribution in [-0.4, -0.2) is 66.3 Å². The van der Waals surface area contributed by atoms with Gasteiger partial charge in [-0.2, -0.15) is 4.98 Å². The number of anilines is 2. The van der Waals surface area contributed by atoms with Crippen molar-refractivity contribution >= 4 is 29.9 Å². The first-order valence-electron chi connectivity index (χ1n) is 9.08. The van der Waals surface area contributed by atoms with Crippen molar-refractivity contribution in [2.75, 3.05) is 54.8 Å². The van der Waals surface area contributed by atoms with Crippen LogP contribution in [0.25, 0.3) is 0 Å². The lowest BCUT2D eigenvalue weighted by Crippen LogP contribution is -2.46. The van der Waals surface area contributed by atoms with Crippen LogP contribution in [0.1, 0.15) is 31.4 Å². The number of carbonyl (C=O) groups is 1. The zero-order valence-electron chi connectivity index (χ0n) is 14.1. The quantitative estimate of drug-likeness (QED) is 0.777. The van der Waals surface area contributed by atoms with Gasteiger partial charge in [-0.3, -0.25) is 4.79 Å². The van der Waals surface area contributed by atoms with Crippen molar-refractivity contribution in [3.63, 3.8) is 0 Å². The first-order valence-corrected chi connectivity index (χ1v) is 10.1. The largest absolute Gasteiger partial charge is 0.352 e. The summed E-state index contributed by atoms with van der Waals surface area (Å²) in [6, 6.07) is 0. The van der Waals surface area contributed by atoms with Crippen molar-refractivity contribution in [3.8, 4) is 0 Å². The summed E-state index contributed by atoms with van der Waals surface area (Å²) < 4.78 is 0. The lowest BCUT2D eigenvalue weighted by Gasteiger charge is -2.36. The number of piperidine rings is 1. The molecule has 0 aliphatic carbocycles. The molecule has 0 spiro atoms. The smallest absolute Gasteiger partial charge is 0.227 e. The standard InChI is InChI=1S/C17H25N5OS/c23-13-20-8-10-21(11-9-20)16-15-14(5-4-12-24-15)18-17(19-16)22-6-2-1-3-7-22/h13H,1-12H2. The van der Waals surface area contributed by atoms with Gasteiger partial charge in [-0.25, -0.2) is 4.98 Å². The number of nitrogens with zero attached hydrogens (tertiary/aromatic N) is 5. The highest BCUT2D eigenvalue weighted by Crippen LogP contribution is 2.37. The van der Waals surface area contributed by atoms with Crippen molar-refractivity contribution in [2.24, 2.45) is 0 Å². The van der Waals surface area contributed by atoms with E-state index in [0.717, 1.165) is 69.6 Å².